The first-order valence-corrected chi connectivity index (χ1v) is 9.96. The van der Waals surface area contributed by atoms with Crippen LogP contribution in [-0.4, -0.2) is 57.0 Å². The second-order valence-corrected chi connectivity index (χ2v) is 7.33. The average molecular weight is 397 g/mol. The summed E-state index contributed by atoms with van der Waals surface area (Å²) in [6.45, 7) is 6.46. The summed E-state index contributed by atoms with van der Waals surface area (Å²) in [5.74, 6) is 1.46. The maximum atomic E-state index is 13.8. The second-order valence-electron chi connectivity index (χ2n) is 7.33. The SMILES string of the molecule is CCCn1c(C)c(C(=O)N2CCOCC2c2ncnn2C)c2cc(OC)ccc21. The summed E-state index contributed by atoms with van der Waals surface area (Å²) in [4.78, 5) is 20.1. The summed E-state index contributed by atoms with van der Waals surface area (Å²) in [5, 5.41) is 5.09. The number of carbonyl (C=O) groups excluding carboxylic acids is 1. The van der Waals surface area contributed by atoms with Crippen molar-refractivity contribution in [1.82, 2.24) is 24.2 Å². The number of aryl methyl sites for hydroxylation is 2. The second kappa shape index (κ2) is 7.87. The van der Waals surface area contributed by atoms with Crippen LogP contribution in [0.15, 0.2) is 24.5 Å². The molecule has 1 saturated heterocycles. The van der Waals surface area contributed by atoms with Crippen molar-refractivity contribution in [2.24, 2.45) is 7.05 Å². The highest BCUT2D eigenvalue weighted by molar-refractivity contribution is 6.09. The Hall–Kier alpha value is -2.87. The molecule has 1 fully saturated rings. The van der Waals surface area contributed by atoms with Gasteiger partial charge < -0.3 is 18.9 Å². The van der Waals surface area contributed by atoms with Gasteiger partial charge in [-0.25, -0.2) is 4.98 Å². The van der Waals surface area contributed by atoms with Gasteiger partial charge in [0.1, 0.15) is 18.1 Å². The van der Waals surface area contributed by atoms with Crippen LogP contribution >= 0.6 is 0 Å². The van der Waals surface area contributed by atoms with Crippen molar-refractivity contribution in [3.63, 3.8) is 0 Å². The third-order valence-corrected chi connectivity index (χ3v) is 5.63. The molecule has 0 N–H and O–H groups in total. The highest BCUT2D eigenvalue weighted by Gasteiger charge is 2.34. The Kier molecular flexibility index (Phi) is 5.27. The van der Waals surface area contributed by atoms with Crippen LogP contribution in [0.5, 0.6) is 5.75 Å². The number of methoxy groups -OCH3 is 1. The first-order chi connectivity index (χ1) is 14.1. The lowest BCUT2D eigenvalue weighted by atomic mass is 10.1. The third kappa shape index (κ3) is 3.27. The van der Waals surface area contributed by atoms with E-state index in [9.17, 15) is 4.79 Å². The summed E-state index contributed by atoms with van der Waals surface area (Å²) in [5.41, 5.74) is 2.75. The molecule has 0 spiro atoms. The summed E-state index contributed by atoms with van der Waals surface area (Å²) in [6, 6.07) is 5.67. The molecule has 4 rings (SSSR count). The predicted molar refractivity (Wildman–Crippen MR) is 109 cm³/mol. The molecule has 3 aromatic rings. The van der Waals surface area contributed by atoms with Crippen LogP contribution in [0.2, 0.25) is 0 Å². The van der Waals surface area contributed by atoms with E-state index < -0.39 is 0 Å². The third-order valence-electron chi connectivity index (χ3n) is 5.63. The summed E-state index contributed by atoms with van der Waals surface area (Å²) in [7, 11) is 3.48. The number of ether oxygens (including phenoxy) is 2. The Morgan fingerprint density at radius 2 is 2.21 bits per heavy atom. The number of hydrogen-bond donors (Lipinski definition) is 0. The van der Waals surface area contributed by atoms with Crippen LogP contribution in [0.3, 0.4) is 0 Å². The summed E-state index contributed by atoms with van der Waals surface area (Å²) < 4.78 is 15.0. The van der Waals surface area contributed by atoms with E-state index in [1.54, 1.807) is 11.8 Å². The van der Waals surface area contributed by atoms with Crippen molar-refractivity contribution in [3.05, 3.63) is 41.6 Å². The minimum absolute atomic E-state index is 0.00749. The number of hydrogen-bond acceptors (Lipinski definition) is 5. The Morgan fingerprint density at radius 1 is 1.38 bits per heavy atom. The van der Waals surface area contributed by atoms with Gasteiger partial charge in [-0.3, -0.25) is 9.48 Å². The Labute approximate surface area is 170 Å². The quantitative estimate of drug-likeness (QED) is 0.662. The van der Waals surface area contributed by atoms with Gasteiger partial charge in [0.25, 0.3) is 5.91 Å². The maximum absolute atomic E-state index is 13.8. The van der Waals surface area contributed by atoms with Gasteiger partial charge >= 0.3 is 0 Å². The fraction of sp³-hybridized carbons (Fsp3) is 0.476. The molecule has 0 radical (unpaired) electrons. The van der Waals surface area contributed by atoms with Gasteiger partial charge in [-0.15, -0.1) is 0 Å². The van der Waals surface area contributed by atoms with Crippen molar-refractivity contribution < 1.29 is 14.3 Å². The molecule has 29 heavy (non-hydrogen) atoms. The molecule has 0 saturated carbocycles. The lowest BCUT2D eigenvalue weighted by Crippen LogP contribution is -2.44. The monoisotopic (exact) mass is 397 g/mol. The first-order valence-electron chi connectivity index (χ1n) is 9.96. The molecule has 2 aromatic heterocycles. The van der Waals surface area contributed by atoms with Crippen LogP contribution in [0.25, 0.3) is 10.9 Å². The standard InChI is InChI=1S/C21H27N5O3/c1-5-8-25-14(2)19(16-11-15(28-4)6-7-17(16)25)21(27)26-9-10-29-12-18(26)20-22-13-23-24(20)3/h6-7,11,13,18H,5,8-10,12H2,1-4H3. The number of nitrogens with zero attached hydrogens (tertiary/aromatic N) is 5. The van der Waals surface area contributed by atoms with E-state index >= 15 is 0 Å². The number of aromatic nitrogens is 4. The minimum Gasteiger partial charge on any atom is -0.497 e. The number of benzene rings is 1. The van der Waals surface area contributed by atoms with E-state index in [0.717, 1.165) is 46.7 Å². The zero-order chi connectivity index (χ0) is 20.5. The number of rotatable bonds is 5. The van der Waals surface area contributed by atoms with Crippen molar-refractivity contribution in [3.8, 4) is 5.75 Å². The normalized spacial score (nSPS) is 17.1. The molecular weight excluding hydrogens is 370 g/mol. The molecule has 1 aliphatic heterocycles. The van der Waals surface area contributed by atoms with E-state index in [1.807, 2.05) is 37.1 Å². The van der Waals surface area contributed by atoms with Crippen LogP contribution in [0, 0.1) is 6.92 Å². The number of amides is 1. The molecule has 0 bridgehead atoms. The summed E-state index contributed by atoms with van der Waals surface area (Å²) >= 11 is 0. The number of carbonyl (C=O) groups is 1. The highest BCUT2D eigenvalue weighted by atomic mass is 16.5. The fourth-order valence-corrected chi connectivity index (χ4v) is 4.18. The van der Waals surface area contributed by atoms with Crippen molar-refractivity contribution in [2.75, 3.05) is 26.9 Å². The number of morpholine rings is 1. The zero-order valence-electron chi connectivity index (χ0n) is 17.4. The van der Waals surface area contributed by atoms with Gasteiger partial charge in [0.05, 0.1) is 25.9 Å². The maximum Gasteiger partial charge on any atom is 0.257 e. The van der Waals surface area contributed by atoms with E-state index in [0.29, 0.717) is 19.8 Å². The average Bonchev–Trinajstić information content (AvgIpc) is 3.28. The zero-order valence-corrected chi connectivity index (χ0v) is 17.4. The Balaban J connectivity index is 1.83. The van der Waals surface area contributed by atoms with Crippen LogP contribution in [-0.2, 0) is 18.3 Å². The lowest BCUT2D eigenvalue weighted by Gasteiger charge is -2.35. The largest absolute Gasteiger partial charge is 0.497 e. The van der Waals surface area contributed by atoms with Gasteiger partial charge in [0.2, 0.25) is 0 Å². The van der Waals surface area contributed by atoms with Crippen LogP contribution < -0.4 is 4.74 Å². The molecule has 0 aliphatic carbocycles. The molecule has 1 atom stereocenters. The molecule has 1 amide bonds. The summed E-state index contributed by atoms with van der Waals surface area (Å²) in [6.07, 6.45) is 2.50. The van der Waals surface area contributed by atoms with E-state index in [4.69, 9.17) is 9.47 Å². The van der Waals surface area contributed by atoms with Crippen LogP contribution in [0.1, 0.15) is 41.3 Å². The van der Waals surface area contributed by atoms with Crippen LogP contribution in [0.4, 0.5) is 0 Å². The molecule has 1 aliphatic rings. The highest BCUT2D eigenvalue weighted by Crippen LogP contribution is 2.33. The first kappa shape index (κ1) is 19.4. The van der Waals surface area contributed by atoms with Crippen molar-refractivity contribution >= 4 is 16.8 Å². The molecular formula is C21H27N5O3. The molecule has 8 heteroatoms. The molecule has 154 valence electrons. The van der Waals surface area contributed by atoms with E-state index in [-0.39, 0.29) is 11.9 Å². The van der Waals surface area contributed by atoms with Gasteiger partial charge in [-0.1, -0.05) is 6.92 Å². The van der Waals surface area contributed by atoms with Crippen molar-refractivity contribution in [1.29, 1.82) is 0 Å². The van der Waals surface area contributed by atoms with Gasteiger partial charge in [0, 0.05) is 36.7 Å². The van der Waals surface area contributed by atoms with E-state index in [2.05, 4.69) is 21.6 Å². The fourth-order valence-electron chi connectivity index (χ4n) is 4.18. The topological polar surface area (TPSA) is 74.4 Å². The molecule has 3 heterocycles. The van der Waals surface area contributed by atoms with Crippen molar-refractivity contribution in [2.45, 2.75) is 32.9 Å². The molecule has 8 nitrogen and oxygen atoms in total. The van der Waals surface area contributed by atoms with Gasteiger partial charge in [-0.2, -0.15) is 5.10 Å². The predicted octanol–water partition coefficient (Wildman–Crippen LogP) is 2.71. The number of fused-ring (bicyclic) bond motifs is 1. The Morgan fingerprint density at radius 3 is 2.90 bits per heavy atom. The van der Waals surface area contributed by atoms with Gasteiger partial charge in [-0.05, 0) is 31.5 Å². The lowest BCUT2D eigenvalue weighted by molar-refractivity contribution is -0.00613. The smallest absolute Gasteiger partial charge is 0.257 e. The molecule has 1 aromatic carbocycles. The molecule has 1 unspecified atom stereocenters. The Bertz CT molecular complexity index is 1040. The minimum atomic E-state index is -0.265. The van der Waals surface area contributed by atoms with E-state index in [1.165, 1.54) is 6.33 Å². The van der Waals surface area contributed by atoms with Gasteiger partial charge in [0.15, 0.2) is 5.82 Å².